The molecule has 0 unspecified atom stereocenters. The van der Waals surface area contributed by atoms with E-state index in [2.05, 4.69) is 27.3 Å². The molecule has 168 valence electrons. The van der Waals surface area contributed by atoms with Gasteiger partial charge in [-0.1, -0.05) is 36.4 Å². The van der Waals surface area contributed by atoms with Crippen molar-refractivity contribution in [2.75, 3.05) is 36.4 Å². The number of hydrogen-bond donors (Lipinski definition) is 1. The number of rotatable bonds is 3. The molecular weight excluding hydrogens is 414 g/mol. The minimum Gasteiger partial charge on any atom is -0.350 e. The van der Waals surface area contributed by atoms with Crippen LogP contribution in [-0.4, -0.2) is 57.1 Å². The highest BCUT2D eigenvalue weighted by Crippen LogP contribution is 2.29. The zero-order chi connectivity index (χ0) is 22.9. The highest BCUT2D eigenvalue weighted by molar-refractivity contribution is 5.93. The highest BCUT2D eigenvalue weighted by Gasteiger charge is 2.26. The Hall–Kier alpha value is -3.94. The molecule has 5 rings (SSSR count). The third-order valence-electron chi connectivity index (χ3n) is 6.24. The maximum atomic E-state index is 12.8. The summed E-state index contributed by atoms with van der Waals surface area (Å²) in [6.45, 7) is 8.58. The van der Waals surface area contributed by atoms with Crippen LogP contribution in [0.3, 0.4) is 0 Å². The fourth-order valence-electron chi connectivity index (χ4n) is 4.37. The van der Waals surface area contributed by atoms with E-state index >= 15 is 0 Å². The van der Waals surface area contributed by atoms with E-state index in [4.69, 9.17) is 5.10 Å². The van der Waals surface area contributed by atoms with Gasteiger partial charge in [-0.05, 0) is 44.5 Å². The number of para-hydroxylation sites is 2. The van der Waals surface area contributed by atoms with Gasteiger partial charge in [0.2, 0.25) is 0 Å². The number of urea groups is 1. The standard InChI is InChI=1S/C25H27N7O/c1-17-9-7-8-12-21(17)26-25(33)31-15-13-30(14-16-31)24-23-22(18(2)27-28-24)19(3)32(29-23)20-10-5-4-6-11-20/h4-12H,13-16H2,1-3H3,(H,26,33). The van der Waals surface area contributed by atoms with Crippen molar-refractivity contribution in [3.63, 3.8) is 0 Å². The lowest BCUT2D eigenvalue weighted by molar-refractivity contribution is 0.208. The van der Waals surface area contributed by atoms with Crippen LogP contribution in [0.2, 0.25) is 0 Å². The third-order valence-corrected chi connectivity index (χ3v) is 6.24. The minimum absolute atomic E-state index is 0.0757. The summed E-state index contributed by atoms with van der Waals surface area (Å²) in [7, 11) is 0. The van der Waals surface area contributed by atoms with Crippen LogP contribution in [0.1, 0.15) is 17.0 Å². The van der Waals surface area contributed by atoms with Crippen molar-refractivity contribution in [2.24, 2.45) is 0 Å². The Labute approximate surface area is 192 Å². The molecule has 1 N–H and O–H groups in total. The number of anilines is 2. The third kappa shape index (κ3) is 3.88. The van der Waals surface area contributed by atoms with E-state index in [1.165, 1.54) is 0 Å². The molecule has 2 aromatic heterocycles. The Morgan fingerprint density at radius 2 is 1.58 bits per heavy atom. The summed E-state index contributed by atoms with van der Waals surface area (Å²) in [5.74, 6) is 0.771. The first-order valence-electron chi connectivity index (χ1n) is 11.2. The van der Waals surface area contributed by atoms with Gasteiger partial charge in [-0.3, -0.25) is 0 Å². The molecule has 1 aliphatic heterocycles. The fraction of sp³-hybridized carbons (Fsp3) is 0.280. The van der Waals surface area contributed by atoms with Gasteiger partial charge in [0.1, 0.15) is 5.52 Å². The molecule has 2 aromatic carbocycles. The molecule has 2 amide bonds. The zero-order valence-corrected chi connectivity index (χ0v) is 19.1. The number of carbonyl (C=O) groups excluding carboxylic acids is 1. The molecule has 33 heavy (non-hydrogen) atoms. The molecule has 0 atom stereocenters. The number of piperazine rings is 1. The predicted octanol–water partition coefficient (Wildman–Crippen LogP) is 4.09. The number of aromatic nitrogens is 4. The van der Waals surface area contributed by atoms with Crippen molar-refractivity contribution in [3.05, 3.63) is 71.5 Å². The van der Waals surface area contributed by atoms with E-state index in [-0.39, 0.29) is 6.03 Å². The number of fused-ring (bicyclic) bond motifs is 1. The predicted molar refractivity (Wildman–Crippen MR) is 130 cm³/mol. The van der Waals surface area contributed by atoms with E-state index in [0.717, 1.165) is 45.0 Å². The second-order valence-electron chi connectivity index (χ2n) is 8.38. The van der Waals surface area contributed by atoms with Crippen LogP contribution in [0.25, 0.3) is 16.6 Å². The number of carbonyl (C=O) groups is 1. The summed E-state index contributed by atoms with van der Waals surface area (Å²) in [5.41, 5.74) is 5.66. The van der Waals surface area contributed by atoms with Crippen LogP contribution in [-0.2, 0) is 0 Å². The number of amides is 2. The van der Waals surface area contributed by atoms with Gasteiger partial charge in [0.25, 0.3) is 0 Å². The largest absolute Gasteiger partial charge is 0.350 e. The van der Waals surface area contributed by atoms with Crippen LogP contribution >= 0.6 is 0 Å². The second-order valence-corrected chi connectivity index (χ2v) is 8.38. The lowest BCUT2D eigenvalue weighted by Gasteiger charge is -2.35. The van der Waals surface area contributed by atoms with Gasteiger partial charge in [0.05, 0.1) is 22.5 Å². The normalized spacial score (nSPS) is 14.0. The van der Waals surface area contributed by atoms with E-state index in [9.17, 15) is 4.79 Å². The molecule has 8 nitrogen and oxygen atoms in total. The van der Waals surface area contributed by atoms with Crippen LogP contribution in [0.4, 0.5) is 16.3 Å². The quantitative estimate of drug-likeness (QED) is 0.518. The Morgan fingerprint density at radius 3 is 2.30 bits per heavy atom. The first kappa shape index (κ1) is 20.9. The van der Waals surface area contributed by atoms with Gasteiger partial charge in [-0.25, -0.2) is 9.48 Å². The number of aryl methyl sites for hydroxylation is 3. The SMILES string of the molecule is Cc1ccccc1NC(=O)N1CCN(c2nnc(C)c3c(C)n(-c4ccccc4)nc23)CC1. The zero-order valence-electron chi connectivity index (χ0n) is 19.1. The second kappa shape index (κ2) is 8.54. The summed E-state index contributed by atoms with van der Waals surface area (Å²) in [6.07, 6.45) is 0. The van der Waals surface area contributed by atoms with Crippen molar-refractivity contribution in [1.29, 1.82) is 0 Å². The maximum absolute atomic E-state index is 12.8. The van der Waals surface area contributed by atoms with E-state index < -0.39 is 0 Å². The first-order valence-corrected chi connectivity index (χ1v) is 11.2. The van der Waals surface area contributed by atoms with Gasteiger partial charge >= 0.3 is 6.03 Å². The Morgan fingerprint density at radius 1 is 0.879 bits per heavy atom. The number of benzene rings is 2. The lowest BCUT2D eigenvalue weighted by Crippen LogP contribution is -2.50. The molecule has 1 fully saturated rings. The summed E-state index contributed by atoms with van der Waals surface area (Å²) in [6, 6.07) is 17.8. The van der Waals surface area contributed by atoms with Gasteiger partial charge in [-0.15, -0.1) is 5.10 Å². The molecule has 8 heteroatoms. The topological polar surface area (TPSA) is 79.2 Å². The average molecular weight is 442 g/mol. The Kier molecular flexibility index (Phi) is 5.42. The first-order chi connectivity index (χ1) is 16.0. The van der Waals surface area contributed by atoms with Crippen molar-refractivity contribution >= 4 is 28.4 Å². The van der Waals surface area contributed by atoms with E-state index in [0.29, 0.717) is 26.2 Å². The van der Waals surface area contributed by atoms with Crippen molar-refractivity contribution in [1.82, 2.24) is 24.9 Å². The van der Waals surface area contributed by atoms with Crippen LogP contribution in [0.15, 0.2) is 54.6 Å². The van der Waals surface area contributed by atoms with Crippen LogP contribution in [0.5, 0.6) is 0 Å². The molecule has 0 aliphatic carbocycles. The molecule has 0 spiro atoms. The summed E-state index contributed by atoms with van der Waals surface area (Å²) >= 11 is 0. The lowest BCUT2D eigenvalue weighted by atomic mass is 10.2. The number of hydrogen-bond acceptors (Lipinski definition) is 5. The minimum atomic E-state index is -0.0757. The van der Waals surface area contributed by atoms with Gasteiger partial charge in [-0.2, -0.15) is 10.2 Å². The summed E-state index contributed by atoms with van der Waals surface area (Å²) in [5, 5.41) is 17.9. The molecule has 4 aromatic rings. The van der Waals surface area contributed by atoms with Crippen molar-refractivity contribution in [2.45, 2.75) is 20.8 Å². The van der Waals surface area contributed by atoms with Gasteiger partial charge < -0.3 is 15.1 Å². The van der Waals surface area contributed by atoms with Gasteiger partial charge in [0, 0.05) is 31.9 Å². The smallest absolute Gasteiger partial charge is 0.321 e. The fourth-order valence-corrected chi connectivity index (χ4v) is 4.37. The molecule has 0 radical (unpaired) electrons. The molecule has 3 heterocycles. The van der Waals surface area contributed by atoms with E-state index in [1.54, 1.807) is 0 Å². The monoisotopic (exact) mass is 441 g/mol. The van der Waals surface area contributed by atoms with Crippen molar-refractivity contribution < 1.29 is 4.79 Å². The number of nitrogens with zero attached hydrogens (tertiary/aromatic N) is 6. The maximum Gasteiger partial charge on any atom is 0.321 e. The van der Waals surface area contributed by atoms with E-state index in [1.807, 2.05) is 78.0 Å². The summed E-state index contributed by atoms with van der Waals surface area (Å²) in [4.78, 5) is 16.8. The molecule has 0 bridgehead atoms. The van der Waals surface area contributed by atoms with Crippen LogP contribution in [0, 0.1) is 20.8 Å². The van der Waals surface area contributed by atoms with Gasteiger partial charge in [0.15, 0.2) is 5.82 Å². The molecule has 1 saturated heterocycles. The summed E-state index contributed by atoms with van der Waals surface area (Å²) < 4.78 is 1.95. The molecule has 0 saturated carbocycles. The molecular formula is C25H27N7O. The number of nitrogens with one attached hydrogen (secondary N) is 1. The average Bonchev–Trinajstić information content (AvgIpc) is 3.19. The Balaban J connectivity index is 1.37. The van der Waals surface area contributed by atoms with Crippen LogP contribution < -0.4 is 10.2 Å². The molecule has 1 aliphatic rings. The highest BCUT2D eigenvalue weighted by atomic mass is 16.2. The van der Waals surface area contributed by atoms with Crippen molar-refractivity contribution in [3.8, 4) is 5.69 Å². The Bertz CT molecular complexity index is 1310.